The first-order chi connectivity index (χ1) is 9.22. The number of nitrogens with two attached hydrogens (primary N) is 1. The molecule has 0 radical (unpaired) electrons. The van der Waals surface area contributed by atoms with Crippen molar-refractivity contribution in [3.63, 3.8) is 0 Å². The third-order valence-electron chi connectivity index (χ3n) is 3.94. The molecule has 0 bridgehead atoms. The van der Waals surface area contributed by atoms with Gasteiger partial charge in [-0.15, -0.1) is 0 Å². The molecule has 2 N–H and O–H groups in total. The number of anilines is 1. The lowest BCUT2D eigenvalue weighted by molar-refractivity contribution is 0.340. The molecule has 0 saturated carbocycles. The summed E-state index contributed by atoms with van der Waals surface area (Å²) in [4.78, 5) is 2.48. The molecule has 0 amide bonds. The van der Waals surface area contributed by atoms with Crippen LogP contribution in [0.15, 0.2) is 24.3 Å². The molecule has 1 aromatic rings. The quantitative estimate of drug-likeness (QED) is 0.856. The van der Waals surface area contributed by atoms with Crippen molar-refractivity contribution in [2.24, 2.45) is 17.6 Å². The lowest BCUT2D eigenvalue weighted by Crippen LogP contribution is -2.21. The second kappa shape index (κ2) is 6.80. The van der Waals surface area contributed by atoms with Gasteiger partial charge in [-0.25, -0.2) is 0 Å². The maximum atomic E-state index is 5.71. The second-order valence-electron chi connectivity index (χ2n) is 5.60. The zero-order chi connectivity index (χ0) is 13.7. The summed E-state index contributed by atoms with van der Waals surface area (Å²) < 4.78 is 5.48. The van der Waals surface area contributed by atoms with E-state index >= 15 is 0 Å². The van der Waals surface area contributed by atoms with Gasteiger partial charge in [0, 0.05) is 18.8 Å². The Bertz CT molecular complexity index is 377. The van der Waals surface area contributed by atoms with Crippen molar-refractivity contribution in [1.29, 1.82) is 0 Å². The molecule has 1 aromatic carbocycles. The Morgan fingerprint density at radius 3 is 2.74 bits per heavy atom. The van der Waals surface area contributed by atoms with Crippen LogP contribution in [0.3, 0.4) is 0 Å². The van der Waals surface area contributed by atoms with Crippen molar-refractivity contribution in [2.45, 2.75) is 26.7 Å². The summed E-state index contributed by atoms with van der Waals surface area (Å²) in [6.45, 7) is 8.12. The Morgan fingerprint density at radius 2 is 2.11 bits per heavy atom. The van der Waals surface area contributed by atoms with Crippen LogP contribution in [0, 0.1) is 11.8 Å². The molecule has 1 fully saturated rings. The normalized spacial score (nSPS) is 20.6. The van der Waals surface area contributed by atoms with E-state index in [0.29, 0.717) is 5.92 Å². The van der Waals surface area contributed by atoms with Gasteiger partial charge in [0.2, 0.25) is 0 Å². The van der Waals surface area contributed by atoms with Gasteiger partial charge in [0.1, 0.15) is 5.75 Å². The van der Waals surface area contributed by atoms with Crippen molar-refractivity contribution in [1.82, 2.24) is 0 Å². The summed E-state index contributed by atoms with van der Waals surface area (Å²) >= 11 is 0. The number of ether oxygens (including phenoxy) is 1. The maximum Gasteiger partial charge on any atom is 0.119 e. The largest absolute Gasteiger partial charge is 0.494 e. The molecule has 19 heavy (non-hydrogen) atoms. The molecule has 0 spiro atoms. The van der Waals surface area contributed by atoms with Gasteiger partial charge in [0.15, 0.2) is 0 Å². The van der Waals surface area contributed by atoms with Gasteiger partial charge < -0.3 is 15.4 Å². The van der Waals surface area contributed by atoms with E-state index < -0.39 is 0 Å². The Balaban J connectivity index is 1.89. The third kappa shape index (κ3) is 3.87. The molecular weight excluding hydrogens is 236 g/mol. The Morgan fingerprint density at radius 1 is 1.37 bits per heavy atom. The Labute approximate surface area is 116 Å². The van der Waals surface area contributed by atoms with Crippen LogP contribution in [0.1, 0.15) is 26.7 Å². The molecule has 2 unspecified atom stereocenters. The summed E-state index contributed by atoms with van der Waals surface area (Å²) in [6, 6.07) is 8.46. The van der Waals surface area contributed by atoms with Crippen LogP contribution >= 0.6 is 0 Å². The van der Waals surface area contributed by atoms with E-state index in [2.05, 4.69) is 36.1 Å². The highest BCUT2D eigenvalue weighted by atomic mass is 16.5. The fourth-order valence-electron chi connectivity index (χ4n) is 2.84. The van der Waals surface area contributed by atoms with Crippen LogP contribution < -0.4 is 15.4 Å². The third-order valence-corrected chi connectivity index (χ3v) is 3.94. The van der Waals surface area contributed by atoms with E-state index in [9.17, 15) is 0 Å². The van der Waals surface area contributed by atoms with Gasteiger partial charge in [-0.3, -0.25) is 0 Å². The smallest absolute Gasteiger partial charge is 0.119 e. The van der Waals surface area contributed by atoms with Gasteiger partial charge in [-0.05, 0) is 62.4 Å². The second-order valence-corrected chi connectivity index (χ2v) is 5.60. The Hall–Kier alpha value is -1.22. The Kier molecular flexibility index (Phi) is 5.08. The van der Waals surface area contributed by atoms with Crippen molar-refractivity contribution in [2.75, 3.05) is 31.1 Å². The number of benzene rings is 1. The zero-order valence-corrected chi connectivity index (χ0v) is 12.1. The lowest BCUT2D eigenvalue weighted by atomic mass is 9.95. The van der Waals surface area contributed by atoms with Gasteiger partial charge in [-0.2, -0.15) is 0 Å². The van der Waals surface area contributed by atoms with Gasteiger partial charge in [0.25, 0.3) is 0 Å². The molecule has 0 aromatic heterocycles. The van der Waals surface area contributed by atoms with E-state index in [4.69, 9.17) is 10.5 Å². The number of hydrogen-bond donors (Lipinski definition) is 1. The molecule has 2 rings (SSSR count). The van der Waals surface area contributed by atoms with Crippen LogP contribution in [0.4, 0.5) is 5.69 Å². The monoisotopic (exact) mass is 262 g/mol. The first-order valence-electron chi connectivity index (χ1n) is 7.40. The molecule has 1 aliphatic rings. The highest BCUT2D eigenvalue weighted by Gasteiger charge is 2.23. The van der Waals surface area contributed by atoms with Crippen molar-refractivity contribution >= 4 is 5.69 Å². The first-order valence-corrected chi connectivity index (χ1v) is 7.40. The topological polar surface area (TPSA) is 38.5 Å². The predicted molar refractivity (Wildman–Crippen MR) is 80.8 cm³/mol. The molecule has 3 nitrogen and oxygen atoms in total. The van der Waals surface area contributed by atoms with Crippen molar-refractivity contribution in [3.8, 4) is 5.75 Å². The minimum atomic E-state index is 0.644. The van der Waals surface area contributed by atoms with Gasteiger partial charge in [-0.1, -0.05) is 6.92 Å². The molecular formula is C16H26N2O. The molecule has 1 heterocycles. The van der Waals surface area contributed by atoms with Crippen LogP contribution in [-0.2, 0) is 0 Å². The number of rotatable bonds is 6. The molecule has 1 aliphatic heterocycles. The SMILES string of the molecule is CCOc1ccc(N2CCC(CC(C)CN)C2)cc1. The minimum Gasteiger partial charge on any atom is -0.494 e. The molecule has 3 heteroatoms. The van der Waals surface area contributed by atoms with E-state index in [0.717, 1.165) is 31.4 Å². The average molecular weight is 262 g/mol. The van der Waals surface area contributed by atoms with E-state index in [1.165, 1.54) is 25.1 Å². The van der Waals surface area contributed by atoms with Crippen LogP contribution in [0.5, 0.6) is 5.75 Å². The van der Waals surface area contributed by atoms with Crippen molar-refractivity contribution in [3.05, 3.63) is 24.3 Å². The summed E-state index contributed by atoms with van der Waals surface area (Å²) in [5, 5.41) is 0. The van der Waals surface area contributed by atoms with Crippen LogP contribution in [0.25, 0.3) is 0 Å². The van der Waals surface area contributed by atoms with E-state index in [-0.39, 0.29) is 0 Å². The summed E-state index contributed by atoms with van der Waals surface area (Å²) in [5.74, 6) is 2.40. The lowest BCUT2D eigenvalue weighted by Gasteiger charge is -2.20. The molecule has 2 atom stereocenters. The van der Waals surface area contributed by atoms with E-state index in [1.54, 1.807) is 0 Å². The van der Waals surface area contributed by atoms with Crippen LogP contribution in [0.2, 0.25) is 0 Å². The number of hydrogen-bond acceptors (Lipinski definition) is 3. The predicted octanol–water partition coefficient (Wildman–Crippen LogP) is 2.90. The molecule has 0 aliphatic carbocycles. The minimum absolute atomic E-state index is 0.644. The average Bonchev–Trinajstić information content (AvgIpc) is 2.88. The summed E-state index contributed by atoms with van der Waals surface area (Å²) in [5.41, 5.74) is 7.02. The van der Waals surface area contributed by atoms with Crippen LogP contribution in [-0.4, -0.2) is 26.2 Å². The van der Waals surface area contributed by atoms with E-state index in [1.807, 2.05) is 6.92 Å². The maximum absolute atomic E-state index is 5.71. The van der Waals surface area contributed by atoms with Crippen molar-refractivity contribution < 1.29 is 4.74 Å². The standard InChI is InChI=1S/C16H26N2O/c1-3-19-16-6-4-15(5-7-16)18-9-8-14(12-18)10-13(2)11-17/h4-7,13-14H,3,8-12,17H2,1-2H3. The summed E-state index contributed by atoms with van der Waals surface area (Å²) in [6.07, 6.45) is 2.54. The summed E-state index contributed by atoms with van der Waals surface area (Å²) in [7, 11) is 0. The fraction of sp³-hybridized carbons (Fsp3) is 0.625. The first kappa shape index (κ1) is 14.2. The fourth-order valence-corrected chi connectivity index (χ4v) is 2.84. The molecule has 1 saturated heterocycles. The zero-order valence-electron chi connectivity index (χ0n) is 12.1. The molecule has 106 valence electrons. The van der Waals surface area contributed by atoms with Gasteiger partial charge >= 0.3 is 0 Å². The highest BCUT2D eigenvalue weighted by molar-refractivity contribution is 5.49. The highest BCUT2D eigenvalue weighted by Crippen LogP contribution is 2.28. The number of nitrogens with zero attached hydrogens (tertiary/aromatic N) is 1. The van der Waals surface area contributed by atoms with Gasteiger partial charge in [0.05, 0.1) is 6.61 Å².